The summed E-state index contributed by atoms with van der Waals surface area (Å²) >= 11 is 0. The molecule has 0 bridgehead atoms. The third-order valence-electron chi connectivity index (χ3n) is 4.32. The molecule has 1 aromatic heterocycles. The summed E-state index contributed by atoms with van der Waals surface area (Å²) in [7, 11) is 1.61. The van der Waals surface area contributed by atoms with Crippen LogP contribution in [0.5, 0.6) is 5.88 Å². The summed E-state index contributed by atoms with van der Waals surface area (Å²) in [6, 6.07) is 4.05. The Kier molecular flexibility index (Phi) is 7.12. The van der Waals surface area contributed by atoms with Crippen LogP contribution in [0.4, 0.5) is 4.79 Å². The van der Waals surface area contributed by atoms with Crippen molar-refractivity contribution in [1.29, 1.82) is 0 Å². The summed E-state index contributed by atoms with van der Waals surface area (Å²) < 4.78 is 10.6. The van der Waals surface area contributed by atoms with Gasteiger partial charge in [-0.2, -0.15) is 0 Å². The van der Waals surface area contributed by atoms with Crippen LogP contribution in [0.15, 0.2) is 23.3 Å². The average molecular weight is 489 g/mol. The van der Waals surface area contributed by atoms with E-state index in [4.69, 9.17) is 9.47 Å². The molecular formula is C18H28IN5O3. The smallest absolute Gasteiger partial charge is 0.410 e. The molecule has 1 atom stereocenters. The first kappa shape index (κ1) is 21.5. The Morgan fingerprint density at radius 2 is 2.15 bits per heavy atom. The zero-order valence-corrected chi connectivity index (χ0v) is 18.6. The fourth-order valence-corrected chi connectivity index (χ4v) is 3.08. The summed E-state index contributed by atoms with van der Waals surface area (Å²) in [5.74, 6) is 1.48. The van der Waals surface area contributed by atoms with Gasteiger partial charge in [0.1, 0.15) is 5.60 Å². The molecule has 8 nitrogen and oxygen atoms in total. The lowest BCUT2D eigenvalue weighted by molar-refractivity contribution is 0.0137. The molecule has 1 amide bonds. The minimum absolute atomic E-state index is 0. The Morgan fingerprint density at radius 3 is 2.85 bits per heavy atom. The van der Waals surface area contributed by atoms with Crippen LogP contribution in [0.25, 0.3) is 0 Å². The molecule has 0 aromatic carbocycles. The molecule has 1 aromatic rings. The van der Waals surface area contributed by atoms with Crippen molar-refractivity contribution in [3.05, 3.63) is 23.9 Å². The predicted octanol–water partition coefficient (Wildman–Crippen LogP) is 2.09. The normalized spacial score (nSPS) is 19.0. The second-order valence-electron chi connectivity index (χ2n) is 7.50. The van der Waals surface area contributed by atoms with E-state index in [9.17, 15) is 4.79 Å². The highest BCUT2D eigenvalue weighted by molar-refractivity contribution is 14.0. The van der Waals surface area contributed by atoms with E-state index in [1.165, 1.54) is 0 Å². The third kappa shape index (κ3) is 5.60. The molecule has 9 heteroatoms. The van der Waals surface area contributed by atoms with Crippen LogP contribution in [0.2, 0.25) is 0 Å². The van der Waals surface area contributed by atoms with Gasteiger partial charge in [-0.1, -0.05) is 0 Å². The molecule has 2 aliphatic heterocycles. The highest BCUT2D eigenvalue weighted by Crippen LogP contribution is 2.19. The van der Waals surface area contributed by atoms with Crippen molar-refractivity contribution in [2.75, 3.05) is 33.3 Å². The second kappa shape index (κ2) is 8.94. The van der Waals surface area contributed by atoms with E-state index in [0.29, 0.717) is 32.1 Å². The number of fused-ring (bicyclic) bond motifs is 1. The number of pyridine rings is 1. The van der Waals surface area contributed by atoms with Crippen LogP contribution in [-0.4, -0.2) is 71.8 Å². The Bertz CT molecular complexity index is 692. The fourth-order valence-electron chi connectivity index (χ4n) is 3.08. The van der Waals surface area contributed by atoms with Gasteiger partial charge in [0.05, 0.1) is 19.7 Å². The highest BCUT2D eigenvalue weighted by Gasteiger charge is 2.36. The number of aliphatic imine (C=N–C) groups is 1. The number of halogens is 1. The number of rotatable bonds is 3. The van der Waals surface area contributed by atoms with Gasteiger partial charge in [0.25, 0.3) is 0 Å². The van der Waals surface area contributed by atoms with Crippen molar-refractivity contribution < 1.29 is 14.3 Å². The maximum Gasteiger partial charge on any atom is 0.410 e. The number of ether oxygens (including phenoxy) is 2. The first-order valence-electron chi connectivity index (χ1n) is 8.87. The number of nitrogens with one attached hydrogen (secondary N) is 1. The molecule has 150 valence electrons. The van der Waals surface area contributed by atoms with Crippen molar-refractivity contribution in [3.63, 3.8) is 0 Å². The number of piperazine rings is 1. The molecular weight excluding hydrogens is 461 g/mol. The third-order valence-corrected chi connectivity index (χ3v) is 4.32. The number of guanidine groups is 1. The van der Waals surface area contributed by atoms with Crippen molar-refractivity contribution >= 4 is 36.0 Å². The Morgan fingerprint density at radius 1 is 1.37 bits per heavy atom. The summed E-state index contributed by atoms with van der Waals surface area (Å²) in [6.07, 6.45) is 1.48. The average Bonchev–Trinajstić information content (AvgIpc) is 3.01. The Hall–Kier alpha value is -1.78. The zero-order valence-electron chi connectivity index (χ0n) is 16.3. The fraction of sp³-hybridized carbons (Fsp3) is 0.611. The number of hydrogen-bond donors (Lipinski definition) is 1. The molecule has 0 radical (unpaired) electrons. The van der Waals surface area contributed by atoms with Crippen LogP contribution in [-0.2, 0) is 11.3 Å². The molecule has 2 aliphatic rings. The summed E-state index contributed by atoms with van der Waals surface area (Å²) in [5, 5.41) is 3.39. The monoisotopic (exact) mass is 489 g/mol. The number of amides is 1. The van der Waals surface area contributed by atoms with Gasteiger partial charge >= 0.3 is 6.09 Å². The number of aromatic nitrogens is 1. The van der Waals surface area contributed by atoms with Gasteiger partial charge in [0, 0.05) is 38.4 Å². The molecule has 0 saturated carbocycles. The highest BCUT2D eigenvalue weighted by atomic mass is 127. The topological polar surface area (TPSA) is 79.3 Å². The summed E-state index contributed by atoms with van der Waals surface area (Å²) in [4.78, 5) is 25.0. The number of carbonyl (C=O) groups is 1. The number of carbonyl (C=O) groups excluding carboxylic acids is 1. The van der Waals surface area contributed by atoms with Gasteiger partial charge in [-0.15, -0.1) is 24.0 Å². The van der Waals surface area contributed by atoms with Crippen molar-refractivity contribution in [3.8, 4) is 5.88 Å². The van der Waals surface area contributed by atoms with Gasteiger partial charge in [0.2, 0.25) is 5.88 Å². The van der Waals surface area contributed by atoms with Crippen molar-refractivity contribution in [1.82, 2.24) is 20.1 Å². The molecule has 1 saturated heterocycles. The predicted molar refractivity (Wildman–Crippen MR) is 114 cm³/mol. The van der Waals surface area contributed by atoms with E-state index in [1.54, 1.807) is 18.2 Å². The molecule has 27 heavy (non-hydrogen) atoms. The van der Waals surface area contributed by atoms with Gasteiger partial charge in [-0.3, -0.25) is 4.99 Å². The SMILES string of the molecule is COc1cc(CNC2=NCC3CN(C(=O)OC(C)(C)C)CCN23)ccn1.I. The van der Waals surface area contributed by atoms with Crippen LogP contribution in [0.1, 0.15) is 26.3 Å². The van der Waals surface area contributed by atoms with Crippen molar-refractivity contribution in [2.24, 2.45) is 4.99 Å². The van der Waals surface area contributed by atoms with Crippen LogP contribution in [0, 0.1) is 0 Å². The van der Waals surface area contributed by atoms with E-state index < -0.39 is 5.60 Å². The number of hydrogen-bond acceptors (Lipinski definition) is 7. The van der Waals surface area contributed by atoms with E-state index in [1.807, 2.05) is 32.9 Å². The quantitative estimate of drug-likeness (QED) is 0.656. The lowest BCUT2D eigenvalue weighted by Crippen LogP contribution is -2.57. The Balaban J connectivity index is 0.00000261. The first-order valence-corrected chi connectivity index (χ1v) is 8.87. The standard InChI is InChI=1S/C18H27N5O3.HI/c1-18(2,3)26-17(24)22-7-8-23-14(12-22)11-21-16(23)20-10-13-5-6-19-15(9-13)25-4;/h5-6,9,14H,7-8,10-12H2,1-4H3,(H,20,21);1H. The second-order valence-corrected chi connectivity index (χ2v) is 7.50. The van der Waals surface area contributed by atoms with Gasteiger partial charge in [0.15, 0.2) is 5.96 Å². The maximum atomic E-state index is 12.3. The lowest BCUT2D eigenvalue weighted by Gasteiger charge is -2.39. The molecule has 1 unspecified atom stereocenters. The van der Waals surface area contributed by atoms with E-state index in [2.05, 4.69) is 20.2 Å². The van der Waals surface area contributed by atoms with Crippen molar-refractivity contribution in [2.45, 2.75) is 39.0 Å². The lowest BCUT2D eigenvalue weighted by atomic mass is 10.2. The zero-order chi connectivity index (χ0) is 18.7. The summed E-state index contributed by atoms with van der Waals surface area (Å²) in [6.45, 7) is 9.00. The molecule has 1 fully saturated rings. The largest absolute Gasteiger partial charge is 0.481 e. The van der Waals surface area contributed by atoms with Gasteiger partial charge in [-0.05, 0) is 32.4 Å². The van der Waals surface area contributed by atoms with Crippen LogP contribution < -0.4 is 10.1 Å². The summed E-state index contributed by atoms with van der Waals surface area (Å²) in [5.41, 5.74) is 0.606. The van der Waals surface area contributed by atoms with E-state index >= 15 is 0 Å². The van der Waals surface area contributed by atoms with E-state index in [0.717, 1.165) is 18.1 Å². The minimum Gasteiger partial charge on any atom is -0.481 e. The number of nitrogens with zero attached hydrogens (tertiary/aromatic N) is 4. The van der Waals surface area contributed by atoms with Crippen LogP contribution in [0.3, 0.4) is 0 Å². The molecule has 3 rings (SSSR count). The minimum atomic E-state index is -0.474. The van der Waals surface area contributed by atoms with Gasteiger partial charge < -0.3 is 24.6 Å². The van der Waals surface area contributed by atoms with Gasteiger partial charge in [-0.25, -0.2) is 9.78 Å². The van der Waals surface area contributed by atoms with E-state index in [-0.39, 0.29) is 36.1 Å². The molecule has 3 heterocycles. The number of methoxy groups -OCH3 is 1. The maximum absolute atomic E-state index is 12.3. The molecule has 0 aliphatic carbocycles. The first-order chi connectivity index (χ1) is 12.4. The molecule has 0 spiro atoms. The Labute approximate surface area is 177 Å². The van der Waals surface area contributed by atoms with Crippen LogP contribution >= 0.6 is 24.0 Å². The molecule has 1 N–H and O–H groups in total.